The van der Waals surface area contributed by atoms with Gasteiger partial charge < -0.3 is 4.18 Å². The van der Waals surface area contributed by atoms with Gasteiger partial charge in [0, 0.05) is 13.1 Å². The summed E-state index contributed by atoms with van der Waals surface area (Å²) in [6.45, 7) is 1.25. The normalized spacial score (nSPS) is 14.5. The molecule has 0 aliphatic carbocycles. The lowest BCUT2D eigenvalue weighted by atomic mass is 10.1. The van der Waals surface area contributed by atoms with Crippen molar-refractivity contribution in [2.24, 2.45) is 0 Å². The minimum Gasteiger partial charge on any atom is -0.380 e. The van der Waals surface area contributed by atoms with Gasteiger partial charge in [-0.2, -0.15) is 8.42 Å². The highest BCUT2D eigenvalue weighted by Gasteiger charge is 2.23. The lowest BCUT2D eigenvalue weighted by Gasteiger charge is -2.17. The summed E-state index contributed by atoms with van der Waals surface area (Å²) in [6.07, 6.45) is 1.85. The summed E-state index contributed by atoms with van der Waals surface area (Å²) in [4.78, 5) is 12.6. The Morgan fingerprint density at radius 1 is 1.12 bits per heavy atom. The maximum absolute atomic E-state index is 12.6. The molecule has 24 heavy (non-hydrogen) atoms. The molecule has 6 nitrogen and oxygen atoms in total. The van der Waals surface area contributed by atoms with Crippen LogP contribution in [0.2, 0.25) is 10.2 Å². The molecule has 130 valence electrons. The predicted molar refractivity (Wildman–Crippen MR) is 93.6 cm³/mol. The Balaban J connectivity index is 2.12. The number of halogens is 3. The van der Waals surface area contributed by atoms with Crippen molar-refractivity contribution in [2.75, 3.05) is 5.21 Å². The third kappa shape index (κ3) is 3.18. The van der Waals surface area contributed by atoms with Crippen LogP contribution < -0.4 is 9.74 Å². The van der Waals surface area contributed by atoms with Crippen molar-refractivity contribution in [1.29, 1.82) is 0 Å². The monoisotopic (exact) mass is 410 g/mol. The van der Waals surface area contributed by atoms with Gasteiger partial charge in [0.1, 0.15) is 5.15 Å². The van der Waals surface area contributed by atoms with Gasteiger partial charge in [-0.05, 0) is 30.5 Å². The summed E-state index contributed by atoms with van der Waals surface area (Å²) in [5, 5.41) is -0.307. The predicted octanol–water partition coefficient (Wildman–Crippen LogP) is 3.32. The van der Waals surface area contributed by atoms with Crippen molar-refractivity contribution < 1.29 is 12.6 Å². The van der Waals surface area contributed by atoms with Crippen LogP contribution in [-0.2, 0) is 23.2 Å². The number of nitrogens with zero attached hydrogens (tertiary/aromatic N) is 2. The SMILES string of the molecule is O=c1c(-c2ccc(Cl)c(OS(=O)(=O)CCl)c2)c(Cl)n2n1CCCC2. The smallest absolute Gasteiger partial charge is 0.323 e. The van der Waals surface area contributed by atoms with Gasteiger partial charge in [-0.3, -0.25) is 9.48 Å². The zero-order chi connectivity index (χ0) is 17.5. The van der Waals surface area contributed by atoms with Gasteiger partial charge in [0.25, 0.3) is 5.56 Å². The number of fused-ring (bicyclic) bond motifs is 1. The Morgan fingerprint density at radius 3 is 2.42 bits per heavy atom. The van der Waals surface area contributed by atoms with E-state index < -0.39 is 15.3 Å². The van der Waals surface area contributed by atoms with Crippen LogP contribution in [0.25, 0.3) is 11.1 Å². The number of aromatic nitrogens is 2. The second-order valence-electron chi connectivity index (χ2n) is 5.32. The molecule has 0 fully saturated rings. The van der Waals surface area contributed by atoms with E-state index in [-0.39, 0.29) is 16.3 Å². The van der Waals surface area contributed by atoms with Crippen molar-refractivity contribution in [1.82, 2.24) is 9.36 Å². The summed E-state index contributed by atoms with van der Waals surface area (Å²) in [7, 11) is -3.96. The van der Waals surface area contributed by atoms with Gasteiger partial charge in [-0.25, -0.2) is 4.68 Å². The second kappa shape index (κ2) is 6.63. The molecule has 2 heterocycles. The van der Waals surface area contributed by atoms with Crippen molar-refractivity contribution in [3.8, 4) is 16.9 Å². The van der Waals surface area contributed by atoms with Gasteiger partial charge in [0.15, 0.2) is 11.0 Å². The summed E-state index contributed by atoms with van der Waals surface area (Å²) < 4.78 is 31.3. The molecule has 0 spiro atoms. The van der Waals surface area contributed by atoms with Gasteiger partial charge in [-0.15, -0.1) is 11.6 Å². The fraction of sp³-hybridized carbons (Fsp3) is 0.357. The quantitative estimate of drug-likeness (QED) is 0.571. The van der Waals surface area contributed by atoms with E-state index in [4.69, 9.17) is 39.0 Å². The van der Waals surface area contributed by atoms with Crippen LogP contribution in [0, 0.1) is 0 Å². The molecule has 3 rings (SSSR count). The zero-order valence-electron chi connectivity index (χ0n) is 12.3. The van der Waals surface area contributed by atoms with Crippen LogP contribution in [0.1, 0.15) is 12.8 Å². The molecule has 0 saturated heterocycles. The van der Waals surface area contributed by atoms with E-state index in [9.17, 15) is 13.2 Å². The Labute approximate surface area is 153 Å². The molecule has 0 radical (unpaired) electrons. The molecular weight excluding hydrogens is 399 g/mol. The number of hydrogen-bond donors (Lipinski definition) is 0. The van der Waals surface area contributed by atoms with Crippen LogP contribution in [-0.4, -0.2) is 23.0 Å². The van der Waals surface area contributed by atoms with E-state index in [1.165, 1.54) is 12.1 Å². The number of rotatable bonds is 4. The molecule has 1 aromatic carbocycles. The Morgan fingerprint density at radius 2 is 1.79 bits per heavy atom. The van der Waals surface area contributed by atoms with Crippen molar-refractivity contribution in [2.45, 2.75) is 25.9 Å². The summed E-state index contributed by atoms with van der Waals surface area (Å²) >= 11 is 17.7. The minimum atomic E-state index is -3.96. The molecule has 0 atom stereocenters. The van der Waals surface area contributed by atoms with E-state index >= 15 is 0 Å². The first-order valence-corrected chi connectivity index (χ1v) is 9.98. The first kappa shape index (κ1) is 17.7. The van der Waals surface area contributed by atoms with E-state index in [1.54, 1.807) is 15.4 Å². The van der Waals surface area contributed by atoms with Crippen LogP contribution in [0.3, 0.4) is 0 Å². The molecule has 0 bridgehead atoms. The molecule has 0 saturated carbocycles. The largest absolute Gasteiger partial charge is 0.380 e. The van der Waals surface area contributed by atoms with Crippen molar-refractivity contribution >= 4 is 44.9 Å². The van der Waals surface area contributed by atoms with Gasteiger partial charge in [0.05, 0.1) is 10.6 Å². The average Bonchev–Trinajstić information content (AvgIpc) is 2.81. The van der Waals surface area contributed by atoms with Gasteiger partial charge in [-0.1, -0.05) is 29.3 Å². The van der Waals surface area contributed by atoms with Crippen LogP contribution >= 0.6 is 34.8 Å². The van der Waals surface area contributed by atoms with E-state index in [1.807, 2.05) is 0 Å². The second-order valence-corrected chi connectivity index (χ2v) is 8.24. The van der Waals surface area contributed by atoms with Crippen LogP contribution in [0.15, 0.2) is 23.0 Å². The van der Waals surface area contributed by atoms with Crippen molar-refractivity contribution in [3.63, 3.8) is 0 Å². The maximum atomic E-state index is 12.6. The number of benzene rings is 1. The van der Waals surface area contributed by atoms with Crippen LogP contribution in [0.4, 0.5) is 0 Å². The topological polar surface area (TPSA) is 70.3 Å². The fourth-order valence-electron chi connectivity index (χ4n) is 2.65. The standard InChI is InChI=1S/C14H13Cl3N2O4S/c15-8-24(21,22)23-11-7-9(3-4-10(11)16)12-13(17)18-5-1-2-6-19(18)14(12)20/h3-4,7H,1-2,5-6,8H2. The van der Waals surface area contributed by atoms with E-state index in [0.717, 1.165) is 12.8 Å². The third-order valence-corrected chi connectivity index (χ3v) is 5.93. The zero-order valence-corrected chi connectivity index (χ0v) is 15.4. The number of hydrogen-bond acceptors (Lipinski definition) is 4. The highest BCUT2D eigenvalue weighted by atomic mass is 35.5. The van der Waals surface area contributed by atoms with Gasteiger partial charge in [0.2, 0.25) is 0 Å². The molecule has 10 heteroatoms. The van der Waals surface area contributed by atoms with E-state index in [2.05, 4.69) is 0 Å². The van der Waals surface area contributed by atoms with Crippen molar-refractivity contribution in [3.05, 3.63) is 38.7 Å². The third-order valence-electron chi connectivity index (χ3n) is 3.73. The van der Waals surface area contributed by atoms with E-state index in [0.29, 0.717) is 29.4 Å². The molecule has 0 N–H and O–H groups in total. The summed E-state index contributed by atoms with van der Waals surface area (Å²) in [5.41, 5.74) is 0.500. The van der Waals surface area contributed by atoms with Crippen LogP contribution in [0.5, 0.6) is 5.75 Å². The number of alkyl halides is 1. The Bertz CT molecular complexity index is 950. The fourth-order valence-corrected chi connectivity index (χ4v) is 3.81. The molecule has 2 aromatic rings. The Hall–Kier alpha value is -1.15. The molecule has 1 aromatic heterocycles. The lowest BCUT2D eigenvalue weighted by Crippen LogP contribution is -2.27. The molecule has 1 aliphatic heterocycles. The first-order valence-electron chi connectivity index (χ1n) is 7.11. The minimum absolute atomic E-state index is 0.0904. The molecule has 0 unspecified atom stereocenters. The Kier molecular flexibility index (Phi) is 4.88. The summed E-state index contributed by atoms with van der Waals surface area (Å²) in [5.74, 6) is -0.0977. The maximum Gasteiger partial charge on any atom is 0.323 e. The highest BCUT2D eigenvalue weighted by molar-refractivity contribution is 7.88. The highest BCUT2D eigenvalue weighted by Crippen LogP contribution is 2.34. The first-order chi connectivity index (χ1) is 11.3. The summed E-state index contributed by atoms with van der Waals surface area (Å²) in [6, 6.07) is 4.42. The molecule has 0 amide bonds. The molecule has 1 aliphatic rings. The lowest BCUT2D eigenvalue weighted by molar-refractivity contribution is 0.356. The average molecular weight is 412 g/mol. The van der Waals surface area contributed by atoms with Gasteiger partial charge >= 0.3 is 10.1 Å². The molecular formula is C14H13Cl3N2O4S.